The lowest BCUT2D eigenvalue weighted by Crippen LogP contribution is -2.34. The van der Waals surface area contributed by atoms with Crippen molar-refractivity contribution < 1.29 is 21.9 Å². The second kappa shape index (κ2) is 6.98. The molecule has 134 valence electrons. The first-order chi connectivity index (χ1) is 12.3. The van der Waals surface area contributed by atoms with Crippen molar-refractivity contribution in [3.8, 4) is 11.1 Å². The van der Waals surface area contributed by atoms with Gasteiger partial charge in [-0.2, -0.15) is 13.4 Å². The highest BCUT2D eigenvalue weighted by atomic mass is 32.2. The quantitative estimate of drug-likeness (QED) is 0.407. The van der Waals surface area contributed by atoms with E-state index in [1.54, 1.807) is 24.5 Å². The van der Waals surface area contributed by atoms with Crippen LogP contribution in [0.1, 0.15) is 10.4 Å². The highest BCUT2D eigenvalue weighted by Gasteiger charge is 2.11. The third kappa shape index (κ3) is 4.08. The number of amides is 1. The minimum absolute atomic E-state index is 0.284. The van der Waals surface area contributed by atoms with Crippen LogP contribution in [-0.4, -0.2) is 26.5 Å². The SMILES string of the molecule is CS(=O)(=O)ONC(N)=NC(=O)c1cccc(-c2cccc3occc23)c1. The zero-order valence-electron chi connectivity index (χ0n) is 13.7. The van der Waals surface area contributed by atoms with Gasteiger partial charge in [-0.05, 0) is 35.4 Å². The number of carbonyl (C=O) groups is 1. The molecule has 0 saturated carbocycles. The molecular formula is C17H15N3O5S. The zero-order chi connectivity index (χ0) is 18.7. The van der Waals surface area contributed by atoms with E-state index in [2.05, 4.69) is 9.28 Å². The van der Waals surface area contributed by atoms with Crippen LogP contribution in [0.5, 0.6) is 0 Å². The predicted octanol–water partition coefficient (Wildman–Crippen LogP) is 2.04. The second-order valence-electron chi connectivity index (χ2n) is 5.41. The maximum absolute atomic E-state index is 12.2. The van der Waals surface area contributed by atoms with E-state index in [1.807, 2.05) is 35.8 Å². The molecule has 1 heterocycles. The average Bonchev–Trinajstić information content (AvgIpc) is 3.08. The van der Waals surface area contributed by atoms with Crippen LogP contribution in [0.25, 0.3) is 22.1 Å². The summed E-state index contributed by atoms with van der Waals surface area (Å²) in [6.07, 6.45) is 2.43. The molecule has 3 rings (SSSR count). The van der Waals surface area contributed by atoms with Crippen LogP contribution >= 0.6 is 0 Å². The number of aliphatic imine (C=N–C) groups is 1. The lowest BCUT2D eigenvalue weighted by molar-refractivity contribution is 0.100. The first-order valence-corrected chi connectivity index (χ1v) is 9.25. The number of rotatable bonds is 4. The fourth-order valence-electron chi connectivity index (χ4n) is 2.38. The highest BCUT2D eigenvalue weighted by Crippen LogP contribution is 2.29. The van der Waals surface area contributed by atoms with Crippen molar-refractivity contribution in [2.24, 2.45) is 10.7 Å². The molecule has 1 amide bonds. The maximum atomic E-state index is 12.2. The molecule has 9 heteroatoms. The number of nitrogens with zero attached hydrogens (tertiary/aromatic N) is 1. The van der Waals surface area contributed by atoms with Crippen molar-refractivity contribution in [2.45, 2.75) is 0 Å². The van der Waals surface area contributed by atoms with Gasteiger partial charge < -0.3 is 10.2 Å². The third-order valence-electron chi connectivity index (χ3n) is 3.44. The number of guanidine groups is 1. The molecule has 0 aliphatic carbocycles. The number of fused-ring (bicyclic) bond motifs is 1. The molecule has 0 spiro atoms. The predicted molar refractivity (Wildman–Crippen MR) is 96.7 cm³/mol. The van der Waals surface area contributed by atoms with Crippen molar-refractivity contribution >= 4 is 33.0 Å². The third-order valence-corrected chi connectivity index (χ3v) is 3.82. The normalized spacial score (nSPS) is 12.3. The molecule has 0 aliphatic heterocycles. The lowest BCUT2D eigenvalue weighted by Gasteiger charge is -2.06. The highest BCUT2D eigenvalue weighted by molar-refractivity contribution is 7.85. The summed E-state index contributed by atoms with van der Waals surface area (Å²) in [5, 5.41) is 0.920. The molecular weight excluding hydrogens is 358 g/mol. The monoisotopic (exact) mass is 373 g/mol. The van der Waals surface area contributed by atoms with E-state index in [4.69, 9.17) is 10.2 Å². The van der Waals surface area contributed by atoms with Gasteiger partial charge >= 0.3 is 0 Å². The van der Waals surface area contributed by atoms with Crippen molar-refractivity contribution in [3.05, 3.63) is 60.4 Å². The van der Waals surface area contributed by atoms with Crippen molar-refractivity contribution in [2.75, 3.05) is 6.26 Å². The molecule has 0 fully saturated rings. The maximum Gasteiger partial charge on any atom is 0.285 e. The first kappa shape index (κ1) is 17.6. The smallest absolute Gasteiger partial charge is 0.285 e. The van der Waals surface area contributed by atoms with Gasteiger partial charge in [-0.25, -0.2) is 5.48 Å². The lowest BCUT2D eigenvalue weighted by atomic mass is 10.00. The average molecular weight is 373 g/mol. The molecule has 0 atom stereocenters. The minimum atomic E-state index is -3.77. The summed E-state index contributed by atoms with van der Waals surface area (Å²) in [6.45, 7) is 0. The van der Waals surface area contributed by atoms with Gasteiger partial charge in [0, 0.05) is 10.9 Å². The molecule has 0 unspecified atom stereocenters. The molecule has 26 heavy (non-hydrogen) atoms. The van der Waals surface area contributed by atoms with Crippen LogP contribution < -0.4 is 11.2 Å². The van der Waals surface area contributed by atoms with Crippen molar-refractivity contribution in [1.82, 2.24) is 5.48 Å². The fourth-order valence-corrected chi connectivity index (χ4v) is 2.62. The van der Waals surface area contributed by atoms with Gasteiger partial charge in [0.1, 0.15) is 5.58 Å². The van der Waals surface area contributed by atoms with Crippen molar-refractivity contribution in [3.63, 3.8) is 0 Å². The molecule has 2 aromatic carbocycles. The Balaban J connectivity index is 1.87. The van der Waals surface area contributed by atoms with E-state index in [1.165, 1.54) is 0 Å². The Morgan fingerprint density at radius 2 is 1.96 bits per heavy atom. The minimum Gasteiger partial charge on any atom is -0.464 e. The molecule has 0 radical (unpaired) electrons. The van der Waals surface area contributed by atoms with E-state index in [0.717, 1.165) is 28.4 Å². The summed E-state index contributed by atoms with van der Waals surface area (Å²) >= 11 is 0. The number of hydrogen-bond donors (Lipinski definition) is 2. The summed E-state index contributed by atoms with van der Waals surface area (Å²) in [7, 11) is -3.77. The number of hydrogen-bond acceptors (Lipinski definition) is 5. The standard InChI is InChI=1S/C17H15N3O5S/c1-26(22,23)25-20-17(18)19-16(21)12-5-2-4-11(10-12)13-6-3-7-15-14(13)8-9-24-15/h2-10H,1H3,(H3,18,19,20,21). The number of benzene rings is 2. The fraction of sp³-hybridized carbons (Fsp3) is 0.0588. The first-order valence-electron chi connectivity index (χ1n) is 7.43. The van der Waals surface area contributed by atoms with Gasteiger partial charge in [-0.3, -0.25) is 4.79 Å². The van der Waals surface area contributed by atoms with E-state index in [-0.39, 0.29) is 5.56 Å². The van der Waals surface area contributed by atoms with Gasteiger partial charge in [0.2, 0.25) is 5.96 Å². The summed E-state index contributed by atoms with van der Waals surface area (Å²) in [5.74, 6) is -1.11. The molecule has 0 aliphatic rings. The van der Waals surface area contributed by atoms with Crippen LogP contribution in [0, 0.1) is 0 Å². The Hall–Kier alpha value is -3.17. The Bertz CT molecular complexity index is 1100. The summed E-state index contributed by atoms with van der Waals surface area (Å²) in [5.41, 5.74) is 10.1. The molecule has 0 bridgehead atoms. The van der Waals surface area contributed by atoms with Crippen molar-refractivity contribution in [1.29, 1.82) is 0 Å². The molecule has 0 saturated heterocycles. The zero-order valence-corrected chi connectivity index (χ0v) is 14.5. The topological polar surface area (TPSA) is 124 Å². The van der Waals surface area contributed by atoms with E-state index in [0.29, 0.717) is 0 Å². The summed E-state index contributed by atoms with van der Waals surface area (Å²) < 4.78 is 31.4. The Morgan fingerprint density at radius 1 is 1.19 bits per heavy atom. The van der Waals surface area contributed by atoms with E-state index >= 15 is 0 Å². The Morgan fingerprint density at radius 3 is 2.73 bits per heavy atom. The Kier molecular flexibility index (Phi) is 4.74. The molecule has 3 N–H and O–H groups in total. The Labute approximate surface area is 149 Å². The van der Waals surface area contributed by atoms with Crippen LogP contribution in [0.15, 0.2) is 64.2 Å². The molecule has 8 nitrogen and oxygen atoms in total. The van der Waals surface area contributed by atoms with Gasteiger partial charge in [0.15, 0.2) is 0 Å². The number of nitrogens with two attached hydrogens (primary N) is 1. The molecule has 1 aromatic heterocycles. The second-order valence-corrected chi connectivity index (χ2v) is 6.99. The van der Waals surface area contributed by atoms with E-state index in [9.17, 15) is 13.2 Å². The molecule has 3 aromatic rings. The largest absolute Gasteiger partial charge is 0.464 e. The van der Waals surface area contributed by atoms with Crippen LogP contribution in [0.4, 0.5) is 0 Å². The van der Waals surface area contributed by atoms with Gasteiger partial charge in [0.25, 0.3) is 16.0 Å². The van der Waals surface area contributed by atoms with E-state index < -0.39 is 22.0 Å². The van der Waals surface area contributed by atoms with Gasteiger partial charge in [-0.1, -0.05) is 24.3 Å². The summed E-state index contributed by atoms with van der Waals surface area (Å²) in [4.78, 5) is 15.8. The van der Waals surface area contributed by atoms with Crippen LogP contribution in [-0.2, 0) is 14.4 Å². The number of furan rings is 1. The van der Waals surface area contributed by atoms with Crippen LogP contribution in [0.3, 0.4) is 0 Å². The number of hydroxylamine groups is 1. The van der Waals surface area contributed by atoms with Gasteiger partial charge in [0.05, 0.1) is 12.5 Å². The van der Waals surface area contributed by atoms with Gasteiger partial charge in [-0.15, -0.1) is 4.28 Å². The number of carbonyl (C=O) groups excluding carboxylic acids is 1. The number of nitrogens with one attached hydrogen (secondary N) is 1. The van der Waals surface area contributed by atoms with Crippen LogP contribution in [0.2, 0.25) is 0 Å². The summed E-state index contributed by atoms with van der Waals surface area (Å²) in [6, 6.07) is 14.3.